The van der Waals surface area contributed by atoms with E-state index in [9.17, 15) is 35.6 Å². The van der Waals surface area contributed by atoms with Crippen LogP contribution < -0.4 is 20.3 Å². The van der Waals surface area contributed by atoms with Crippen LogP contribution in [0.15, 0.2) is 47.3 Å². The molecule has 0 bridgehead atoms. The van der Waals surface area contributed by atoms with E-state index < -0.39 is 87.7 Å². The molecule has 3 aliphatic rings. The summed E-state index contributed by atoms with van der Waals surface area (Å²) in [5.74, 6) is -8.70. The number of benzene rings is 2. The summed E-state index contributed by atoms with van der Waals surface area (Å²) in [6, 6.07) is 6.77. The first-order valence-corrected chi connectivity index (χ1v) is 22.3. The number of hydrogen-bond acceptors (Lipinski definition) is 9. The van der Waals surface area contributed by atoms with Crippen molar-refractivity contribution in [1.29, 1.82) is 0 Å². The van der Waals surface area contributed by atoms with E-state index in [1.807, 2.05) is 6.92 Å². The molecular weight excluding hydrogens is 880 g/mol. The Labute approximate surface area is 359 Å². The fraction of sp³-hybridized carbons (Fsp3) is 0.415. The molecule has 2 aromatic carbocycles. The van der Waals surface area contributed by atoms with Gasteiger partial charge in [0.25, 0.3) is 17.9 Å². The molecule has 0 aliphatic heterocycles. The number of aryl methyl sites for hydroxylation is 1. The van der Waals surface area contributed by atoms with Gasteiger partial charge in [0.2, 0.25) is 21.8 Å². The highest BCUT2D eigenvalue weighted by atomic mass is 35.5. The second-order valence-corrected chi connectivity index (χ2v) is 18.6. The third kappa shape index (κ3) is 7.76. The van der Waals surface area contributed by atoms with Gasteiger partial charge in [-0.3, -0.25) is 28.2 Å². The summed E-state index contributed by atoms with van der Waals surface area (Å²) in [6.45, 7) is 0.922. The van der Waals surface area contributed by atoms with Gasteiger partial charge in [-0.15, -0.1) is 0 Å². The Kier molecular flexibility index (Phi) is 10.5. The summed E-state index contributed by atoms with van der Waals surface area (Å²) in [7, 11) is -2.46. The molecule has 2 saturated carbocycles. The van der Waals surface area contributed by atoms with Crippen molar-refractivity contribution in [1.82, 2.24) is 39.4 Å². The first-order chi connectivity index (χ1) is 29.8. The zero-order valence-corrected chi connectivity index (χ0v) is 35.3. The van der Waals surface area contributed by atoms with E-state index >= 15 is 8.78 Å². The minimum Gasteiger partial charge on any atom is -0.474 e. The second-order valence-electron chi connectivity index (χ2n) is 16.4. The van der Waals surface area contributed by atoms with Crippen LogP contribution in [-0.4, -0.2) is 60.8 Å². The Morgan fingerprint density at radius 3 is 2.44 bits per heavy atom. The Morgan fingerprint density at radius 2 is 1.76 bits per heavy atom. The van der Waals surface area contributed by atoms with Gasteiger partial charge in [-0.1, -0.05) is 24.4 Å². The highest BCUT2D eigenvalue weighted by Gasteiger charge is 2.67. The lowest BCUT2D eigenvalue weighted by Crippen LogP contribution is -2.38. The van der Waals surface area contributed by atoms with E-state index in [1.54, 1.807) is 0 Å². The van der Waals surface area contributed by atoms with Crippen LogP contribution in [0.1, 0.15) is 85.8 Å². The summed E-state index contributed by atoms with van der Waals surface area (Å²) in [5.41, 5.74) is -2.80. The Hall–Kier alpha value is -5.70. The molecule has 0 spiro atoms. The van der Waals surface area contributed by atoms with Crippen molar-refractivity contribution in [3.63, 3.8) is 0 Å². The van der Waals surface area contributed by atoms with Gasteiger partial charge in [-0.2, -0.15) is 24.0 Å². The average molecular weight is 918 g/mol. The molecule has 2 unspecified atom stereocenters. The van der Waals surface area contributed by atoms with Crippen LogP contribution in [0.25, 0.3) is 27.6 Å². The number of carbonyl (C=O) groups is 1. The molecule has 9 rings (SSSR count). The molecule has 63 heavy (non-hydrogen) atoms. The maximum absolute atomic E-state index is 15.5. The summed E-state index contributed by atoms with van der Waals surface area (Å²) < 4.78 is 125. The normalized spacial score (nSPS) is 19.1. The number of fused-ring (bicyclic) bond motifs is 5. The minimum absolute atomic E-state index is 0.00420. The van der Waals surface area contributed by atoms with Gasteiger partial charge in [0.15, 0.2) is 11.5 Å². The van der Waals surface area contributed by atoms with Gasteiger partial charge in [0.1, 0.15) is 41.5 Å². The molecule has 6 aromatic rings. The largest absolute Gasteiger partial charge is 0.474 e. The number of anilines is 1. The number of halogens is 7. The van der Waals surface area contributed by atoms with Crippen LogP contribution in [0.2, 0.25) is 5.02 Å². The van der Waals surface area contributed by atoms with Gasteiger partial charge in [-0.25, -0.2) is 31.0 Å². The van der Waals surface area contributed by atoms with E-state index in [2.05, 4.69) is 25.2 Å². The molecule has 332 valence electrons. The first-order valence-electron chi connectivity index (χ1n) is 20.0. The number of ether oxygens (including phenoxy) is 1. The number of carbonyl (C=O) groups excluding carboxylic acids is 1. The lowest BCUT2D eigenvalue weighted by Gasteiger charge is -2.24. The standard InChI is InChI=1S/C41H38ClF6N9O5S/c1-18(20-6-4-5-7-20)62-30-11-8-23-37(50-30)51-39(57(40(23)59)28-10-9-26(42)32-34(28)55(2)53-38(32)54-63(3,60)61)27(14-19-12-21(43)15-22(44)13-19)49-29(58)17-56-35-31(33(52-56)36(45)46)24-16-25(24)41(35,47)48/h8-13,15,18,20,24-25,27,36H,4-7,14,16-17H2,1-3H3,(H,49,58)(H,53,54)/t18-,24?,25?,27-/m0/s1. The highest BCUT2D eigenvalue weighted by Crippen LogP contribution is 2.68. The van der Waals surface area contributed by atoms with Gasteiger partial charge in [-0.05, 0) is 73.9 Å². The lowest BCUT2D eigenvalue weighted by molar-refractivity contribution is -0.123. The molecule has 4 heterocycles. The van der Waals surface area contributed by atoms with Crippen molar-refractivity contribution < 1.29 is 44.3 Å². The summed E-state index contributed by atoms with van der Waals surface area (Å²) >= 11 is 6.63. The van der Waals surface area contributed by atoms with Gasteiger partial charge < -0.3 is 10.1 Å². The number of aromatic nitrogens is 7. The molecule has 1 amide bonds. The monoisotopic (exact) mass is 917 g/mol. The molecule has 4 atom stereocenters. The number of hydrogen-bond donors (Lipinski definition) is 2. The number of amides is 1. The topological polar surface area (TPSA) is 168 Å². The summed E-state index contributed by atoms with van der Waals surface area (Å²) in [6.07, 6.45) is 0.986. The lowest BCUT2D eigenvalue weighted by atomic mass is 10.0. The molecule has 3 aliphatic carbocycles. The van der Waals surface area contributed by atoms with Crippen molar-refractivity contribution in [2.75, 3.05) is 11.0 Å². The fourth-order valence-corrected chi connectivity index (χ4v) is 9.96. The van der Waals surface area contributed by atoms with E-state index in [0.717, 1.165) is 48.6 Å². The van der Waals surface area contributed by atoms with Crippen LogP contribution in [0.4, 0.5) is 32.2 Å². The molecule has 14 nitrogen and oxygen atoms in total. The van der Waals surface area contributed by atoms with Crippen LogP contribution in [0.3, 0.4) is 0 Å². The van der Waals surface area contributed by atoms with E-state index in [4.69, 9.17) is 21.3 Å². The number of nitrogens with one attached hydrogen (secondary N) is 2. The highest BCUT2D eigenvalue weighted by molar-refractivity contribution is 7.92. The van der Waals surface area contributed by atoms with Crippen molar-refractivity contribution >= 4 is 55.3 Å². The maximum Gasteiger partial charge on any atom is 0.293 e. The summed E-state index contributed by atoms with van der Waals surface area (Å²) in [5, 5.41) is 10.8. The zero-order chi connectivity index (χ0) is 44.9. The zero-order valence-electron chi connectivity index (χ0n) is 33.7. The van der Waals surface area contributed by atoms with Gasteiger partial charge >= 0.3 is 0 Å². The van der Waals surface area contributed by atoms with Gasteiger partial charge in [0.05, 0.1) is 39.3 Å². The van der Waals surface area contributed by atoms with Crippen molar-refractivity contribution in [3.05, 3.63) is 97.8 Å². The molecule has 2 fully saturated rings. The van der Waals surface area contributed by atoms with Crippen molar-refractivity contribution in [2.24, 2.45) is 18.9 Å². The number of pyridine rings is 1. The van der Waals surface area contributed by atoms with Crippen LogP contribution in [0, 0.1) is 23.5 Å². The first kappa shape index (κ1) is 42.6. The quantitative estimate of drug-likeness (QED) is 0.112. The predicted octanol–water partition coefficient (Wildman–Crippen LogP) is 7.37. The van der Waals surface area contributed by atoms with Crippen LogP contribution in [0.5, 0.6) is 5.88 Å². The van der Waals surface area contributed by atoms with E-state index in [0.29, 0.717) is 10.7 Å². The minimum atomic E-state index is -3.91. The smallest absolute Gasteiger partial charge is 0.293 e. The van der Waals surface area contributed by atoms with Gasteiger partial charge in [0, 0.05) is 37.1 Å². The number of alkyl halides is 4. The third-order valence-corrected chi connectivity index (χ3v) is 12.9. The Bertz CT molecular complexity index is 3010. The number of rotatable bonds is 13. The number of sulfonamides is 1. The van der Waals surface area contributed by atoms with E-state index in [-0.39, 0.29) is 79.7 Å². The van der Waals surface area contributed by atoms with Crippen molar-refractivity contribution in [2.45, 2.75) is 82.4 Å². The molecule has 22 heteroatoms. The average Bonchev–Trinajstić information content (AvgIpc) is 3.43. The van der Waals surface area contributed by atoms with Crippen LogP contribution >= 0.6 is 11.6 Å². The summed E-state index contributed by atoms with van der Waals surface area (Å²) in [4.78, 5) is 38.5. The SMILES string of the molecule is C[C@H](Oc1ccc2c(=O)n(-c3ccc(Cl)c4c(NS(C)(=O)=O)nn(C)c34)c([C@H](Cc3cc(F)cc(F)c3)NC(=O)Cn3nc(C(F)F)c4c3C(F)(F)C3CC43)nc2n1)C1CCCC1. The predicted molar refractivity (Wildman–Crippen MR) is 218 cm³/mol. The second kappa shape index (κ2) is 15.5. The van der Waals surface area contributed by atoms with Crippen LogP contribution in [-0.2, 0) is 40.8 Å². The Morgan fingerprint density at radius 1 is 1.05 bits per heavy atom. The fourth-order valence-electron chi connectivity index (χ4n) is 9.22. The van der Waals surface area contributed by atoms with Crippen molar-refractivity contribution in [3.8, 4) is 11.6 Å². The Balaban J connectivity index is 1.23. The van der Waals surface area contributed by atoms with E-state index in [1.165, 1.54) is 36.0 Å². The molecular formula is C41H38ClF6N9O5S. The maximum atomic E-state index is 15.5. The molecule has 2 N–H and O–H groups in total. The number of nitrogens with zero attached hydrogens (tertiary/aromatic N) is 7. The molecule has 4 aromatic heterocycles. The third-order valence-electron chi connectivity index (χ3n) is 12.0. The molecule has 0 saturated heterocycles. The molecule has 0 radical (unpaired) electrons.